The van der Waals surface area contributed by atoms with Gasteiger partial charge in [0.05, 0.1) is 18.9 Å². The Bertz CT molecular complexity index is 442. The number of methoxy groups -OCH3 is 1. The molecule has 0 amide bonds. The van der Waals surface area contributed by atoms with Gasteiger partial charge in [-0.15, -0.1) is 0 Å². The van der Waals surface area contributed by atoms with Crippen LogP contribution in [0, 0.1) is 0 Å². The first-order chi connectivity index (χ1) is 6.35. The number of furan rings is 1. The molecular weight excluding hydrogens is 168 g/mol. The van der Waals surface area contributed by atoms with E-state index >= 15 is 0 Å². The van der Waals surface area contributed by atoms with E-state index in [0.717, 1.165) is 11.7 Å². The van der Waals surface area contributed by atoms with E-state index in [1.54, 1.807) is 25.5 Å². The van der Waals surface area contributed by atoms with Gasteiger partial charge in [0, 0.05) is 5.39 Å². The van der Waals surface area contributed by atoms with E-state index in [-0.39, 0.29) is 0 Å². The molecule has 1 aromatic carbocycles. The lowest BCUT2D eigenvalue weighted by molar-refractivity contribution is 0.112. The summed E-state index contributed by atoms with van der Waals surface area (Å²) in [5.41, 5.74) is 1.12. The van der Waals surface area contributed by atoms with Crippen molar-refractivity contribution in [2.45, 2.75) is 0 Å². The smallest absolute Gasteiger partial charge is 0.153 e. The Kier molecular flexibility index (Phi) is 1.77. The third-order valence-corrected chi connectivity index (χ3v) is 1.92. The minimum absolute atomic E-state index is 0.513. The SMILES string of the molecule is COc1cc(C=O)c2occc2c1. The number of ether oxygens (including phenoxy) is 1. The number of hydrogen-bond acceptors (Lipinski definition) is 3. The molecule has 2 aromatic rings. The summed E-state index contributed by atoms with van der Waals surface area (Å²) in [6.07, 6.45) is 2.31. The first kappa shape index (κ1) is 7.86. The number of rotatable bonds is 2. The van der Waals surface area contributed by atoms with Gasteiger partial charge >= 0.3 is 0 Å². The van der Waals surface area contributed by atoms with Crippen LogP contribution in [-0.4, -0.2) is 13.4 Å². The average Bonchev–Trinajstić information content (AvgIpc) is 2.63. The first-order valence-corrected chi connectivity index (χ1v) is 3.85. The maximum atomic E-state index is 10.7. The molecule has 3 nitrogen and oxygen atoms in total. The van der Waals surface area contributed by atoms with Gasteiger partial charge in [-0.25, -0.2) is 0 Å². The zero-order chi connectivity index (χ0) is 9.26. The molecule has 0 saturated heterocycles. The fraction of sp³-hybridized carbons (Fsp3) is 0.100. The topological polar surface area (TPSA) is 39.4 Å². The molecule has 0 atom stereocenters. The third-order valence-electron chi connectivity index (χ3n) is 1.92. The highest BCUT2D eigenvalue weighted by molar-refractivity contribution is 5.95. The second-order valence-electron chi connectivity index (χ2n) is 2.67. The molecule has 0 fully saturated rings. The van der Waals surface area contributed by atoms with Crippen LogP contribution in [0.15, 0.2) is 28.9 Å². The summed E-state index contributed by atoms with van der Waals surface area (Å²) in [6.45, 7) is 0. The lowest BCUT2D eigenvalue weighted by Gasteiger charge is -2.00. The van der Waals surface area contributed by atoms with Crippen molar-refractivity contribution in [2.75, 3.05) is 7.11 Å². The van der Waals surface area contributed by atoms with Crippen molar-refractivity contribution >= 4 is 17.3 Å². The molecule has 0 unspecified atom stereocenters. The van der Waals surface area contributed by atoms with Crippen molar-refractivity contribution in [1.29, 1.82) is 0 Å². The van der Waals surface area contributed by atoms with Crippen LogP contribution in [0.5, 0.6) is 5.75 Å². The van der Waals surface area contributed by atoms with E-state index in [1.165, 1.54) is 0 Å². The Morgan fingerprint density at radius 2 is 2.31 bits per heavy atom. The second kappa shape index (κ2) is 2.94. The van der Waals surface area contributed by atoms with E-state index < -0.39 is 0 Å². The van der Waals surface area contributed by atoms with Gasteiger partial charge in [0.1, 0.15) is 11.3 Å². The lowest BCUT2D eigenvalue weighted by atomic mass is 10.1. The molecule has 0 N–H and O–H groups in total. The van der Waals surface area contributed by atoms with Crippen molar-refractivity contribution in [1.82, 2.24) is 0 Å². The van der Waals surface area contributed by atoms with Crippen LogP contribution in [-0.2, 0) is 0 Å². The van der Waals surface area contributed by atoms with Gasteiger partial charge in [0.15, 0.2) is 6.29 Å². The van der Waals surface area contributed by atoms with Crippen LogP contribution in [0.1, 0.15) is 10.4 Å². The highest BCUT2D eigenvalue weighted by atomic mass is 16.5. The summed E-state index contributed by atoms with van der Waals surface area (Å²) in [5.74, 6) is 0.663. The first-order valence-electron chi connectivity index (χ1n) is 3.85. The molecule has 0 aliphatic heterocycles. The Labute approximate surface area is 74.9 Å². The minimum atomic E-state index is 0.513. The lowest BCUT2D eigenvalue weighted by Crippen LogP contribution is -1.86. The number of benzene rings is 1. The molecule has 13 heavy (non-hydrogen) atoms. The summed E-state index contributed by atoms with van der Waals surface area (Å²) in [4.78, 5) is 10.7. The number of hydrogen-bond donors (Lipinski definition) is 0. The number of fused-ring (bicyclic) bond motifs is 1. The number of carbonyl (C=O) groups excluding carboxylic acids is 1. The van der Waals surface area contributed by atoms with Crippen molar-refractivity contribution < 1.29 is 13.9 Å². The number of carbonyl (C=O) groups is 1. The van der Waals surface area contributed by atoms with E-state index in [9.17, 15) is 4.79 Å². The summed E-state index contributed by atoms with van der Waals surface area (Å²) in [7, 11) is 1.57. The Balaban J connectivity index is 2.77. The van der Waals surface area contributed by atoms with Gasteiger partial charge in [-0.05, 0) is 18.2 Å². The fourth-order valence-corrected chi connectivity index (χ4v) is 1.29. The van der Waals surface area contributed by atoms with E-state index in [2.05, 4.69) is 0 Å². The molecule has 1 aromatic heterocycles. The molecule has 3 heteroatoms. The molecule has 0 bridgehead atoms. The van der Waals surface area contributed by atoms with Gasteiger partial charge in [-0.3, -0.25) is 4.79 Å². The normalized spacial score (nSPS) is 10.2. The quantitative estimate of drug-likeness (QED) is 0.659. The van der Waals surface area contributed by atoms with Gasteiger partial charge < -0.3 is 9.15 Å². The van der Waals surface area contributed by atoms with Gasteiger partial charge in [-0.2, -0.15) is 0 Å². The van der Waals surface area contributed by atoms with Crippen LogP contribution in [0.25, 0.3) is 11.0 Å². The molecule has 66 valence electrons. The van der Waals surface area contributed by atoms with E-state index in [1.807, 2.05) is 6.07 Å². The van der Waals surface area contributed by atoms with Gasteiger partial charge in [0.2, 0.25) is 0 Å². The van der Waals surface area contributed by atoms with E-state index in [4.69, 9.17) is 9.15 Å². The predicted molar refractivity (Wildman–Crippen MR) is 48.2 cm³/mol. The maximum absolute atomic E-state index is 10.7. The van der Waals surface area contributed by atoms with Crippen LogP contribution in [0.2, 0.25) is 0 Å². The molecular formula is C10H8O3. The predicted octanol–water partition coefficient (Wildman–Crippen LogP) is 2.25. The molecule has 1 heterocycles. The zero-order valence-corrected chi connectivity index (χ0v) is 7.11. The molecule has 0 aliphatic rings. The third kappa shape index (κ3) is 1.18. The van der Waals surface area contributed by atoms with Gasteiger partial charge in [-0.1, -0.05) is 0 Å². The molecule has 2 rings (SSSR count). The van der Waals surface area contributed by atoms with Crippen molar-refractivity contribution in [3.8, 4) is 5.75 Å². The molecule has 0 saturated carbocycles. The highest BCUT2D eigenvalue weighted by Gasteiger charge is 2.05. The number of aldehydes is 1. The average molecular weight is 176 g/mol. The van der Waals surface area contributed by atoms with Crippen molar-refractivity contribution in [3.05, 3.63) is 30.0 Å². The van der Waals surface area contributed by atoms with Crippen LogP contribution in [0.3, 0.4) is 0 Å². The fourth-order valence-electron chi connectivity index (χ4n) is 1.29. The van der Waals surface area contributed by atoms with Gasteiger partial charge in [0.25, 0.3) is 0 Å². The second-order valence-corrected chi connectivity index (χ2v) is 2.67. The monoisotopic (exact) mass is 176 g/mol. The molecule has 0 spiro atoms. The standard InChI is InChI=1S/C10H8O3/c1-12-9-4-7-2-3-13-10(7)8(5-9)6-11/h2-6H,1H3. The largest absolute Gasteiger partial charge is 0.497 e. The van der Waals surface area contributed by atoms with Crippen LogP contribution < -0.4 is 4.74 Å². The zero-order valence-electron chi connectivity index (χ0n) is 7.11. The molecule has 0 radical (unpaired) electrons. The maximum Gasteiger partial charge on any atom is 0.153 e. The summed E-state index contributed by atoms with van der Waals surface area (Å²) in [5, 5.41) is 0.876. The van der Waals surface area contributed by atoms with Crippen LogP contribution in [0.4, 0.5) is 0 Å². The van der Waals surface area contributed by atoms with Crippen molar-refractivity contribution in [3.63, 3.8) is 0 Å². The Morgan fingerprint density at radius 3 is 3.00 bits per heavy atom. The summed E-state index contributed by atoms with van der Waals surface area (Å²) >= 11 is 0. The van der Waals surface area contributed by atoms with Crippen molar-refractivity contribution in [2.24, 2.45) is 0 Å². The summed E-state index contributed by atoms with van der Waals surface area (Å²) in [6, 6.07) is 5.27. The van der Waals surface area contributed by atoms with Crippen LogP contribution >= 0.6 is 0 Å². The Morgan fingerprint density at radius 1 is 1.46 bits per heavy atom. The molecule has 0 aliphatic carbocycles. The van der Waals surface area contributed by atoms with E-state index in [0.29, 0.717) is 16.9 Å². The highest BCUT2D eigenvalue weighted by Crippen LogP contribution is 2.24. The minimum Gasteiger partial charge on any atom is -0.497 e. The Hall–Kier alpha value is -1.77. The summed E-state index contributed by atoms with van der Waals surface area (Å²) < 4.78 is 10.2.